The SMILES string of the molecule is Cc1cc2c(C(=O)CN)c3oc(C)cc3c(O)c2o1. The molecule has 2 heterocycles. The highest BCUT2D eigenvalue weighted by atomic mass is 16.4. The molecule has 19 heavy (non-hydrogen) atoms. The predicted molar refractivity (Wildman–Crippen MR) is 70.5 cm³/mol. The highest BCUT2D eigenvalue weighted by Gasteiger charge is 2.23. The lowest BCUT2D eigenvalue weighted by molar-refractivity contribution is 0.100. The third-order valence-corrected chi connectivity index (χ3v) is 3.14. The number of phenolic OH excluding ortho intramolecular Hbond substituents is 1. The number of rotatable bonds is 2. The molecule has 0 saturated heterocycles. The summed E-state index contributed by atoms with van der Waals surface area (Å²) in [6, 6.07) is 3.38. The smallest absolute Gasteiger partial charge is 0.180 e. The summed E-state index contributed by atoms with van der Waals surface area (Å²) in [7, 11) is 0. The Morgan fingerprint density at radius 1 is 1.16 bits per heavy atom. The topological polar surface area (TPSA) is 89.6 Å². The lowest BCUT2D eigenvalue weighted by atomic mass is 10.0. The molecule has 0 atom stereocenters. The summed E-state index contributed by atoms with van der Waals surface area (Å²) >= 11 is 0. The van der Waals surface area contributed by atoms with Crippen molar-refractivity contribution in [1.29, 1.82) is 0 Å². The highest BCUT2D eigenvalue weighted by molar-refractivity contribution is 6.19. The second kappa shape index (κ2) is 3.86. The lowest BCUT2D eigenvalue weighted by Crippen LogP contribution is -2.14. The van der Waals surface area contributed by atoms with Gasteiger partial charge in [-0.05, 0) is 26.0 Å². The summed E-state index contributed by atoms with van der Waals surface area (Å²) in [6.45, 7) is 3.38. The molecule has 0 spiro atoms. The first-order chi connectivity index (χ1) is 9.02. The molecule has 0 fully saturated rings. The van der Waals surface area contributed by atoms with Crippen LogP contribution in [0.25, 0.3) is 21.9 Å². The number of aryl methyl sites for hydroxylation is 2. The monoisotopic (exact) mass is 259 g/mol. The van der Waals surface area contributed by atoms with Gasteiger partial charge in [-0.15, -0.1) is 0 Å². The Morgan fingerprint density at radius 3 is 2.37 bits per heavy atom. The molecule has 5 nitrogen and oxygen atoms in total. The van der Waals surface area contributed by atoms with Gasteiger partial charge in [0.05, 0.1) is 17.5 Å². The molecule has 98 valence electrons. The van der Waals surface area contributed by atoms with Crippen molar-refractivity contribution in [2.75, 3.05) is 6.54 Å². The van der Waals surface area contributed by atoms with Gasteiger partial charge < -0.3 is 19.7 Å². The van der Waals surface area contributed by atoms with Crippen LogP contribution in [0.3, 0.4) is 0 Å². The van der Waals surface area contributed by atoms with E-state index in [2.05, 4.69) is 0 Å². The largest absolute Gasteiger partial charge is 0.504 e. The van der Waals surface area contributed by atoms with Crippen molar-refractivity contribution in [3.05, 3.63) is 29.2 Å². The molecule has 5 heteroatoms. The number of phenols is 1. The third-order valence-electron chi connectivity index (χ3n) is 3.14. The van der Waals surface area contributed by atoms with E-state index in [1.54, 1.807) is 26.0 Å². The summed E-state index contributed by atoms with van der Waals surface area (Å²) in [4.78, 5) is 12.1. The van der Waals surface area contributed by atoms with Gasteiger partial charge >= 0.3 is 0 Å². The number of Topliss-reactive ketones (excluding diaryl/α,β-unsaturated/α-hetero) is 1. The van der Waals surface area contributed by atoms with Crippen LogP contribution in [0.15, 0.2) is 21.0 Å². The maximum absolute atomic E-state index is 12.1. The van der Waals surface area contributed by atoms with Gasteiger partial charge in [-0.3, -0.25) is 4.79 Å². The molecule has 0 amide bonds. The fourth-order valence-electron chi connectivity index (χ4n) is 2.38. The molecule has 0 aliphatic carbocycles. The number of benzene rings is 1. The number of ketones is 1. The summed E-state index contributed by atoms with van der Waals surface area (Å²) in [5.41, 5.74) is 6.48. The van der Waals surface area contributed by atoms with Crippen LogP contribution in [-0.4, -0.2) is 17.4 Å². The van der Waals surface area contributed by atoms with E-state index in [0.29, 0.717) is 39.0 Å². The molecule has 0 saturated carbocycles. The molecule has 0 bridgehead atoms. The van der Waals surface area contributed by atoms with Crippen molar-refractivity contribution < 1.29 is 18.7 Å². The van der Waals surface area contributed by atoms with E-state index in [1.165, 1.54) is 0 Å². The summed E-state index contributed by atoms with van der Waals surface area (Å²) in [6.07, 6.45) is 0. The van der Waals surface area contributed by atoms with Gasteiger partial charge in [0.25, 0.3) is 0 Å². The van der Waals surface area contributed by atoms with Gasteiger partial charge in [-0.2, -0.15) is 0 Å². The lowest BCUT2D eigenvalue weighted by Gasteiger charge is -2.03. The van der Waals surface area contributed by atoms with Crippen LogP contribution in [-0.2, 0) is 0 Å². The fraction of sp³-hybridized carbons (Fsp3) is 0.214. The van der Waals surface area contributed by atoms with Crippen LogP contribution in [0, 0.1) is 13.8 Å². The Morgan fingerprint density at radius 2 is 1.74 bits per heavy atom. The molecular weight excluding hydrogens is 246 g/mol. The second-order valence-electron chi connectivity index (χ2n) is 4.55. The van der Waals surface area contributed by atoms with Crippen LogP contribution in [0.4, 0.5) is 0 Å². The zero-order valence-corrected chi connectivity index (χ0v) is 10.6. The van der Waals surface area contributed by atoms with Gasteiger partial charge in [0.1, 0.15) is 17.1 Å². The van der Waals surface area contributed by atoms with Gasteiger partial charge in [-0.1, -0.05) is 0 Å². The van der Waals surface area contributed by atoms with Crippen LogP contribution < -0.4 is 5.73 Å². The number of furan rings is 2. The Hall–Kier alpha value is -2.27. The van der Waals surface area contributed by atoms with Crippen molar-refractivity contribution in [3.63, 3.8) is 0 Å². The Balaban J connectivity index is 2.58. The normalized spacial score (nSPS) is 11.5. The third kappa shape index (κ3) is 1.55. The van der Waals surface area contributed by atoms with Crippen LogP contribution in [0.2, 0.25) is 0 Å². The van der Waals surface area contributed by atoms with Crippen molar-refractivity contribution in [2.45, 2.75) is 13.8 Å². The quantitative estimate of drug-likeness (QED) is 0.690. The summed E-state index contributed by atoms with van der Waals surface area (Å²) in [5.74, 6) is 0.968. The molecule has 0 aliphatic rings. The van der Waals surface area contributed by atoms with E-state index in [1.807, 2.05) is 0 Å². The van der Waals surface area contributed by atoms with E-state index in [9.17, 15) is 9.90 Å². The zero-order valence-electron chi connectivity index (χ0n) is 10.6. The maximum atomic E-state index is 12.1. The van der Waals surface area contributed by atoms with Crippen molar-refractivity contribution >= 4 is 27.7 Å². The van der Waals surface area contributed by atoms with E-state index in [0.717, 1.165) is 0 Å². The van der Waals surface area contributed by atoms with E-state index >= 15 is 0 Å². The van der Waals surface area contributed by atoms with E-state index in [4.69, 9.17) is 14.6 Å². The van der Waals surface area contributed by atoms with Crippen molar-refractivity contribution in [1.82, 2.24) is 0 Å². The molecule has 3 rings (SSSR count). The first-order valence-electron chi connectivity index (χ1n) is 5.91. The van der Waals surface area contributed by atoms with Crippen LogP contribution in [0.1, 0.15) is 21.9 Å². The number of carbonyl (C=O) groups excluding carboxylic acids is 1. The van der Waals surface area contributed by atoms with Crippen LogP contribution >= 0.6 is 0 Å². The Labute approximate surface area is 108 Å². The molecule has 3 N–H and O–H groups in total. The summed E-state index contributed by atoms with van der Waals surface area (Å²) < 4.78 is 11.0. The molecule has 0 unspecified atom stereocenters. The highest BCUT2D eigenvalue weighted by Crippen LogP contribution is 2.40. The summed E-state index contributed by atoms with van der Waals surface area (Å²) in [5, 5.41) is 11.2. The minimum absolute atomic E-state index is 0.0106. The van der Waals surface area contributed by atoms with Gasteiger partial charge in [0, 0.05) is 5.39 Å². The average Bonchev–Trinajstić information content (AvgIpc) is 2.92. The minimum atomic E-state index is -0.245. The molecular formula is C14H13NO4. The van der Waals surface area contributed by atoms with E-state index in [-0.39, 0.29) is 18.1 Å². The molecule has 0 radical (unpaired) electrons. The van der Waals surface area contributed by atoms with Crippen molar-refractivity contribution in [2.24, 2.45) is 5.73 Å². The Kier molecular flexibility index (Phi) is 2.40. The molecule has 0 aliphatic heterocycles. The number of hydrogen-bond acceptors (Lipinski definition) is 5. The van der Waals surface area contributed by atoms with Gasteiger partial charge in [0.15, 0.2) is 17.1 Å². The number of carbonyl (C=O) groups is 1. The number of nitrogens with two attached hydrogens (primary N) is 1. The second-order valence-corrected chi connectivity index (χ2v) is 4.55. The van der Waals surface area contributed by atoms with Crippen molar-refractivity contribution in [3.8, 4) is 5.75 Å². The number of hydrogen-bond donors (Lipinski definition) is 2. The van der Waals surface area contributed by atoms with Gasteiger partial charge in [0.2, 0.25) is 0 Å². The van der Waals surface area contributed by atoms with E-state index < -0.39 is 0 Å². The minimum Gasteiger partial charge on any atom is -0.504 e. The number of aromatic hydroxyl groups is 1. The molecule has 1 aromatic carbocycles. The first kappa shape index (κ1) is 11.8. The standard InChI is InChI=1S/C14H13NO4/c1-6-3-8-11(10(16)5-15)13-9(4-7(2)18-13)12(17)14(8)19-6/h3-4,17H,5,15H2,1-2H3. The number of fused-ring (bicyclic) bond motifs is 2. The van der Waals surface area contributed by atoms with Crippen LogP contribution in [0.5, 0.6) is 5.75 Å². The maximum Gasteiger partial charge on any atom is 0.180 e. The first-order valence-corrected chi connectivity index (χ1v) is 5.91. The van der Waals surface area contributed by atoms with Gasteiger partial charge in [-0.25, -0.2) is 0 Å². The fourth-order valence-corrected chi connectivity index (χ4v) is 2.38. The Bertz CT molecular complexity index is 752. The zero-order chi connectivity index (χ0) is 13.7. The average molecular weight is 259 g/mol. The molecule has 3 aromatic rings. The predicted octanol–water partition coefficient (Wildman–Crippen LogP) is 2.64. The molecule has 2 aromatic heterocycles.